The van der Waals surface area contributed by atoms with E-state index in [0.717, 1.165) is 18.2 Å². The van der Waals surface area contributed by atoms with Gasteiger partial charge in [0.1, 0.15) is 11.9 Å². The molecule has 3 rings (SSSR count). The Kier molecular flexibility index (Phi) is 2.96. The van der Waals surface area contributed by atoms with Crippen LogP contribution in [0.5, 0.6) is 5.75 Å². The molecule has 2 aliphatic rings. The predicted molar refractivity (Wildman–Crippen MR) is 70.7 cm³/mol. The van der Waals surface area contributed by atoms with Gasteiger partial charge in [-0.1, -0.05) is 37.8 Å². The van der Waals surface area contributed by atoms with Crippen LogP contribution in [0.15, 0.2) is 18.2 Å². The normalized spacial score (nSPS) is 23.9. The highest BCUT2D eigenvalue weighted by Gasteiger charge is 2.25. The molecule has 92 valence electrons. The lowest BCUT2D eigenvalue weighted by molar-refractivity contribution is 0.172. The summed E-state index contributed by atoms with van der Waals surface area (Å²) in [5.41, 5.74) is 2.47. The third-order valence-electron chi connectivity index (χ3n) is 4.11. The van der Waals surface area contributed by atoms with Crippen molar-refractivity contribution in [2.75, 3.05) is 11.9 Å². The first kappa shape index (κ1) is 10.9. The van der Waals surface area contributed by atoms with E-state index in [4.69, 9.17) is 4.74 Å². The van der Waals surface area contributed by atoms with E-state index < -0.39 is 0 Å². The van der Waals surface area contributed by atoms with Crippen LogP contribution in [0.1, 0.15) is 37.7 Å². The number of rotatable bonds is 2. The average Bonchev–Trinajstić information content (AvgIpc) is 2.82. The Hall–Kier alpha value is -1.18. The molecule has 1 heterocycles. The number of nitrogens with one attached hydrogen (secondary N) is 1. The van der Waals surface area contributed by atoms with Gasteiger partial charge >= 0.3 is 0 Å². The lowest BCUT2D eigenvalue weighted by atomic mass is 9.99. The number of anilines is 1. The summed E-state index contributed by atoms with van der Waals surface area (Å²) in [6, 6.07) is 6.29. The van der Waals surface area contributed by atoms with Gasteiger partial charge in [-0.05, 0) is 30.9 Å². The monoisotopic (exact) mass is 231 g/mol. The molecule has 2 heteroatoms. The quantitative estimate of drug-likeness (QED) is 0.837. The van der Waals surface area contributed by atoms with Crippen molar-refractivity contribution in [3.8, 4) is 5.75 Å². The van der Waals surface area contributed by atoms with Crippen LogP contribution in [0.4, 0.5) is 5.69 Å². The highest BCUT2D eigenvalue weighted by Crippen LogP contribution is 2.35. The molecule has 1 aliphatic heterocycles. The van der Waals surface area contributed by atoms with Gasteiger partial charge in [0.15, 0.2) is 0 Å². The highest BCUT2D eigenvalue weighted by molar-refractivity contribution is 5.62. The second-order valence-electron chi connectivity index (χ2n) is 5.45. The first-order chi connectivity index (χ1) is 8.33. The first-order valence-electron chi connectivity index (χ1n) is 6.83. The number of hydrogen-bond acceptors (Lipinski definition) is 2. The van der Waals surface area contributed by atoms with Gasteiger partial charge in [-0.2, -0.15) is 0 Å². The fourth-order valence-electron chi connectivity index (χ4n) is 3.15. The van der Waals surface area contributed by atoms with E-state index in [1.165, 1.54) is 43.4 Å². The minimum Gasteiger partial charge on any atom is -0.486 e. The summed E-state index contributed by atoms with van der Waals surface area (Å²) in [4.78, 5) is 0. The molecule has 0 bridgehead atoms. The Bertz CT molecular complexity index is 396. The number of ether oxygens (including phenoxy) is 1. The number of para-hydroxylation sites is 1. The van der Waals surface area contributed by atoms with Crippen LogP contribution in [0, 0.1) is 12.8 Å². The second kappa shape index (κ2) is 4.59. The minimum absolute atomic E-state index is 0.368. The van der Waals surface area contributed by atoms with Gasteiger partial charge < -0.3 is 10.1 Å². The van der Waals surface area contributed by atoms with Crippen molar-refractivity contribution in [1.82, 2.24) is 0 Å². The maximum Gasteiger partial charge on any atom is 0.143 e. The molecule has 17 heavy (non-hydrogen) atoms. The molecule has 1 fully saturated rings. The van der Waals surface area contributed by atoms with Crippen LogP contribution < -0.4 is 10.1 Å². The van der Waals surface area contributed by atoms with Crippen molar-refractivity contribution >= 4 is 5.69 Å². The summed E-state index contributed by atoms with van der Waals surface area (Å²) in [7, 11) is 0. The zero-order valence-electron chi connectivity index (χ0n) is 10.5. The van der Waals surface area contributed by atoms with Crippen LogP contribution in [0.25, 0.3) is 0 Å². The van der Waals surface area contributed by atoms with Gasteiger partial charge in [0.05, 0.1) is 12.2 Å². The van der Waals surface area contributed by atoms with Crippen molar-refractivity contribution < 1.29 is 4.74 Å². The molecular weight excluding hydrogens is 210 g/mol. The van der Waals surface area contributed by atoms with Crippen LogP contribution in [-0.2, 0) is 0 Å². The SMILES string of the molecule is Cc1cccc2c1NCC(CC1CCCC1)O2. The van der Waals surface area contributed by atoms with E-state index in [-0.39, 0.29) is 0 Å². The third-order valence-corrected chi connectivity index (χ3v) is 4.11. The van der Waals surface area contributed by atoms with Gasteiger partial charge in [0.2, 0.25) is 0 Å². The second-order valence-corrected chi connectivity index (χ2v) is 5.45. The fraction of sp³-hybridized carbons (Fsp3) is 0.600. The Morgan fingerprint density at radius 1 is 1.29 bits per heavy atom. The standard InChI is InChI=1S/C15H21NO/c1-11-5-4-8-14-15(11)16-10-13(17-14)9-12-6-2-3-7-12/h4-5,8,12-13,16H,2-3,6-7,9-10H2,1H3. The van der Waals surface area contributed by atoms with Crippen LogP contribution in [0.3, 0.4) is 0 Å². The maximum absolute atomic E-state index is 6.11. The van der Waals surface area contributed by atoms with E-state index in [9.17, 15) is 0 Å². The molecule has 0 saturated heterocycles. The molecular formula is C15H21NO. The number of benzene rings is 1. The summed E-state index contributed by atoms with van der Waals surface area (Å²) in [6.07, 6.45) is 7.23. The number of fused-ring (bicyclic) bond motifs is 1. The fourth-order valence-corrected chi connectivity index (χ4v) is 3.15. The van der Waals surface area contributed by atoms with Crippen molar-refractivity contribution in [2.45, 2.75) is 45.1 Å². The van der Waals surface area contributed by atoms with Gasteiger partial charge in [0.25, 0.3) is 0 Å². The van der Waals surface area contributed by atoms with Crippen LogP contribution in [-0.4, -0.2) is 12.6 Å². The molecule has 1 aromatic carbocycles. The molecule has 0 aromatic heterocycles. The van der Waals surface area contributed by atoms with E-state index >= 15 is 0 Å². The Morgan fingerprint density at radius 3 is 2.94 bits per heavy atom. The number of hydrogen-bond donors (Lipinski definition) is 1. The topological polar surface area (TPSA) is 21.3 Å². The van der Waals surface area contributed by atoms with E-state index in [2.05, 4.69) is 30.4 Å². The minimum atomic E-state index is 0.368. The Labute approximate surface area is 103 Å². The zero-order valence-corrected chi connectivity index (χ0v) is 10.5. The molecule has 1 N–H and O–H groups in total. The van der Waals surface area contributed by atoms with Gasteiger partial charge in [-0.15, -0.1) is 0 Å². The van der Waals surface area contributed by atoms with E-state index in [0.29, 0.717) is 6.10 Å². The first-order valence-corrected chi connectivity index (χ1v) is 6.83. The molecule has 1 saturated carbocycles. The summed E-state index contributed by atoms with van der Waals surface area (Å²) in [6.45, 7) is 3.10. The largest absolute Gasteiger partial charge is 0.486 e. The molecule has 0 radical (unpaired) electrons. The average molecular weight is 231 g/mol. The van der Waals surface area contributed by atoms with Gasteiger partial charge in [-0.25, -0.2) is 0 Å². The molecule has 1 unspecified atom stereocenters. The Balaban J connectivity index is 1.68. The van der Waals surface area contributed by atoms with Crippen molar-refractivity contribution in [3.05, 3.63) is 23.8 Å². The third kappa shape index (κ3) is 2.26. The molecule has 0 spiro atoms. The lowest BCUT2D eigenvalue weighted by Gasteiger charge is -2.30. The molecule has 0 amide bonds. The van der Waals surface area contributed by atoms with Crippen molar-refractivity contribution in [3.63, 3.8) is 0 Å². The zero-order chi connectivity index (χ0) is 11.7. The van der Waals surface area contributed by atoms with E-state index in [1.807, 2.05) is 0 Å². The maximum atomic E-state index is 6.11. The van der Waals surface area contributed by atoms with Crippen molar-refractivity contribution in [1.29, 1.82) is 0 Å². The predicted octanol–water partition coefficient (Wildman–Crippen LogP) is 3.75. The molecule has 2 nitrogen and oxygen atoms in total. The highest BCUT2D eigenvalue weighted by atomic mass is 16.5. The van der Waals surface area contributed by atoms with Crippen LogP contribution >= 0.6 is 0 Å². The van der Waals surface area contributed by atoms with Crippen LogP contribution in [0.2, 0.25) is 0 Å². The smallest absolute Gasteiger partial charge is 0.143 e. The summed E-state index contributed by atoms with van der Waals surface area (Å²) < 4.78 is 6.11. The van der Waals surface area contributed by atoms with E-state index in [1.54, 1.807) is 0 Å². The molecule has 1 aromatic rings. The summed E-state index contributed by atoms with van der Waals surface area (Å²) in [5.74, 6) is 1.94. The summed E-state index contributed by atoms with van der Waals surface area (Å²) in [5, 5.41) is 3.53. The molecule has 1 atom stereocenters. The Morgan fingerprint density at radius 2 is 2.12 bits per heavy atom. The number of aryl methyl sites for hydroxylation is 1. The summed E-state index contributed by atoms with van der Waals surface area (Å²) >= 11 is 0. The lowest BCUT2D eigenvalue weighted by Crippen LogP contribution is -2.32. The van der Waals surface area contributed by atoms with Crippen molar-refractivity contribution in [2.24, 2.45) is 5.92 Å². The molecule has 1 aliphatic carbocycles. The van der Waals surface area contributed by atoms with Gasteiger partial charge in [0, 0.05) is 0 Å². The van der Waals surface area contributed by atoms with Gasteiger partial charge in [-0.3, -0.25) is 0 Å².